The minimum absolute atomic E-state index is 0.226. The van der Waals surface area contributed by atoms with Crippen LogP contribution in [0.3, 0.4) is 0 Å². The zero-order chi connectivity index (χ0) is 15.9. The Morgan fingerprint density at radius 1 is 1.38 bits per heavy atom. The molecule has 3 nitrogen and oxygen atoms in total. The fourth-order valence-corrected chi connectivity index (χ4v) is 1.39. The third-order valence-electron chi connectivity index (χ3n) is 2.41. The molecule has 3 N–H and O–H groups in total. The Bertz CT molecular complexity index is 551. The zero-order valence-corrected chi connectivity index (χ0v) is 12.0. The van der Waals surface area contributed by atoms with E-state index in [0.29, 0.717) is 18.0 Å². The fourth-order valence-electron chi connectivity index (χ4n) is 1.39. The highest BCUT2D eigenvalue weighted by Gasteiger charge is 2.30. The Labute approximate surface area is 122 Å². The van der Waals surface area contributed by atoms with Crippen molar-refractivity contribution in [2.24, 2.45) is 16.6 Å². The fraction of sp³-hybridized carbons (Fsp3) is 0.400. The van der Waals surface area contributed by atoms with Crippen LogP contribution in [0.2, 0.25) is 0 Å². The average molecular weight is 297 g/mol. The molecule has 1 rings (SSSR count). The molecule has 0 unspecified atom stereocenters. The summed E-state index contributed by atoms with van der Waals surface area (Å²) in [6.45, 7) is 4.87. The van der Waals surface area contributed by atoms with Crippen LogP contribution < -0.4 is 11.1 Å². The normalized spacial score (nSPS) is 12.0. The number of nitrogens with two attached hydrogens (primary N) is 1. The van der Waals surface area contributed by atoms with Gasteiger partial charge in [-0.05, 0) is 24.1 Å². The summed E-state index contributed by atoms with van der Waals surface area (Å²) in [5, 5.41) is 2.79. The number of nitrogens with one attached hydrogen (secondary N) is 1. The van der Waals surface area contributed by atoms with Crippen LogP contribution in [-0.4, -0.2) is 19.0 Å². The van der Waals surface area contributed by atoms with Crippen molar-refractivity contribution in [2.45, 2.75) is 20.0 Å². The maximum Gasteiger partial charge on any atom is 0.416 e. The van der Waals surface area contributed by atoms with Gasteiger partial charge < -0.3 is 11.1 Å². The summed E-state index contributed by atoms with van der Waals surface area (Å²) >= 11 is 0. The third kappa shape index (κ3) is 6.70. The molecule has 0 fully saturated rings. The van der Waals surface area contributed by atoms with Crippen molar-refractivity contribution in [3.63, 3.8) is 0 Å². The van der Waals surface area contributed by atoms with Crippen LogP contribution in [0, 0.1) is 17.8 Å². The van der Waals surface area contributed by atoms with Crippen molar-refractivity contribution in [3.8, 4) is 11.8 Å². The van der Waals surface area contributed by atoms with Gasteiger partial charge in [0.05, 0.1) is 12.1 Å². The third-order valence-corrected chi connectivity index (χ3v) is 2.41. The van der Waals surface area contributed by atoms with Crippen LogP contribution in [0.4, 0.5) is 13.2 Å². The molecule has 0 amide bonds. The number of benzene rings is 1. The zero-order valence-electron chi connectivity index (χ0n) is 12.0. The van der Waals surface area contributed by atoms with Gasteiger partial charge in [0.25, 0.3) is 0 Å². The maximum absolute atomic E-state index is 12.5. The summed E-state index contributed by atoms with van der Waals surface area (Å²) in [5.41, 5.74) is 5.21. The minimum atomic E-state index is -4.36. The maximum atomic E-state index is 12.5. The number of guanidine groups is 1. The topological polar surface area (TPSA) is 50.4 Å². The predicted molar refractivity (Wildman–Crippen MR) is 77.7 cm³/mol. The van der Waals surface area contributed by atoms with E-state index in [1.54, 1.807) is 0 Å². The summed E-state index contributed by atoms with van der Waals surface area (Å²) in [7, 11) is 0. The average Bonchev–Trinajstić information content (AvgIpc) is 2.41. The molecule has 0 aliphatic carbocycles. The van der Waals surface area contributed by atoms with Gasteiger partial charge in [0.15, 0.2) is 5.96 Å². The van der Waals surface area contributed by atoms with Crippen molar-refractivity contribution < 1.29 is 13.2 Å². The summed E-state index contributed by atoms with van der Waals surface area (Å²) < 4.78 is 37.6. The van der Waals surface area contributed by atoms with Crippen molar-refractivity contribution in [1.82, 2.24) is 5.32 Å². The molecule has 0 atom stereocenters. The molecular formula is C15H18F3N3. The number of nitrogens with zero attached hydrogens (tertiary/aromatic N) is 1. The molecule has 0 heterocycles. The second-order valence-corrected chi connectivity index (χ2v) is 4.85. The van der Waals surface area contributed by atoms with Gasteiger partial charge in [-0.3, -0.25) is 4.99 Å². The second-order valence-electron chi connectivity index (χ2n) is 4.85. The largest absolute Gasteiger partial charge is 0.416 e. The Kier molecular flexibility index (Phi) is 6.10. The quantitative estimate of drug-likeness (QED) is 0.512. The molecule has 0 spiro atoms. The molecule has 0 bridgehead atoms. The number of halogens is 3. The van der Waals surface area contributed by atoms with Crippen molar-refractivity contribution >= 4 is 5.96 Å². The van der Waals surface area contributed by atoms with Crippen molar-refractivity contribution in [3.05, 3.63) is 35.4 Å². The Hall–Kier alpha value is -2.16. The molecule has 0 aliphatic rings. The van der Waals surface area contributed by atoms with E-state index in [9.17, 15) is 13.2 Å². The monoisotopic (exact) mass is 297 g/mol. The number of hydrogen-bond donors (Lipinski definition) is 2. The van der Waals surface area contributed by atoms with Gasteiger partial charge in [0, 0.05) is 12.1 Å². The highest BCUT2D eigenvalue weighted by Crippen LogP contribution is 2.29. The molecule has 0 saturated carbocycles. The van der Waals surface area contributed by atoms with Gasteiger partial charge in [-0.15, -0.1) is 0 Å². The molecule has 114 valence electrons. The van der Waals surface area contributed by atoms with E-state index >= 15 is 0 Å². The Balaban J connectivity index is 2.58. The summed E-state index contributed by atoms with van der Waals surface area (Å²) in [6, 6.07) is 4.89. The molecule has 0 aliphatic heterocycles. The lowest BCUT2D eigenvalue weighted by Crippen LogP contribution is -2.32. The SMILES string of the molecule is CC(C)CN=C(N)NCC#Cc1cccc(C(F)(F)F)c1. The number of hydrogen-bond acceptors (Lipinski definition) is 1. The van der Waals surface area contributed by atoms with Crippen LogP contribution in [0.1, 0.15) is 25.0 Å². The molecule has 0 radical (unpaired) electrons. The molecule has 21 heavy (non-hydrogen) atoms. The van der Waals surface area contributed by atoms with Crippen molar-refractivity contribution in [2.75, 3.05) is 13.1 Å². The smallest absolute Gasteiger partial charge is 0.370 e. The molecule has 1 aromatic rings. The van der Waals surface area contributed by atoms with E-state index in [4.69, 9.17) is 5.73 Å². The van der Waals surface area contributed by atoms with Crippen LogP contribution in [0.5, 0.6) is 0 Å². The van der Waals surface area contributed by atoms with Gasteiger partial charge in [0.1, 0.15) is 0 Å². The Morgan fingerprint density at radius 2 is 2.10 bits per heavy atom. The van der Waals surface area contributed by atoms with E-state index < -0.39 is 11.7 Å². The lowest BCUT2D eigenvalue weighted by atomic mass is 10.1. The van der Waals surface area contributed by atoms with E-state index in [1.807, 2.05) is 13.8 Å². The van der Waals surface area contributed by atoms with Gasteiger partial charge in [0.2, 0.25) is 0 Å². The lowest BCUT2D eigenvalue weighted by molar-refractivity contribution is -0.137. The first-order chi connectivity index (χ1) is 9.79. The first kappa shape index (κ1) is 16.9. The standard InChI is InChI=1S/C15H18F3N3/c1-11(2)10-21-14(19)20-8-4-6-12-5-3-7-13(9-12)15(16,17)18/h3,5,7,9,11H,8,10H2,1-2H3,(H3,19,20,21). The molecule has 1 aromatic carbocycles. The van der Waals surface area contributed by atoms with Gasteiger partial charge in [-0.25, -0.2) is 0 Å². The summed E-state index contributed by atoms with van der Waals surface area (Å²) in [6.07, 6.45) is -4.36. The second kappa shape index (κ2) is 7.58. The van der Waals surface area contributed by atoms with Gasteiger partial charge >= 0.3 is 6.18 Å². The number of rotatable bonds is 3. The van der Waals surface area contributed by atoms with E-state index in [0.717, 1.165) is 12.1 Å². The first-order valence-corrected chi connectivity index (χ1v) is 6.49. The van der Waals surface area contributed by atoms with Crippen LogP contribution in [-0.2, 0) is 6.18 Å². The number of aliphatic imine (C=N–C) groups is 1. The first-order valence-electron chi connectivity index (χ1n) is 6.49. The summed E-state index contributed by atoms with van der Waals surface area (Å²) in [4.78, 5) is 4.08. The lowest BCUT2D eigenvalue weighted by Gasteiger charge is -2.05. The highest BCUT2D eigenvalue weighted by molar-refractivity contribution is 5.78. The van der Waals surface area contributed by atoms with Gasteiger partial charge in [-0.2, -0.15) is 13.2 Å². The van der Waals surface area contributed by atoms with E-state index in [-0.39, 0.29) is 12.5 Å². The van der Waals surface area contributed by atoms with Crippen LogP contribution in [0.25, 0.3) is 0 Å². The molecule has 6 heteroatoms. The Morgan fingerprint density at radius 3 is 2.71 bits per heavy atom. The van der Waals surface area contributed by atoms with Crippen LogP contribution in [0.15, 0.2) is 29.3 Å². The minimum Gasteiger partial charge on any atom is -0.370 e. The van der Waals surface area contributed by atoms with Gasteiger partial charge in [-0.1, -0.05) is 31.8 Å². The highest BCUT2D eigenvalue weighted by atomic mass is 19.4. The van der Waals surface area contributed by atoms with Crippen molar-refractivity contribution in [1.29, 1.82) is 0 Å². The molecule has 0 saturated heterocycles. The predicted octanol–water partition coefficient (Wildman–Crippen LogP) is 2.62. The molecule has 0 aromatic heterocycles. The summed E-state index contributed by atoms with van der Waals surface area (Å²) in [5.74, 6) is 6.05. The van der Waals surface area contributed by atoms with E-state index in [2.05, 4.69) is 22.2 Å². The van der Waals surface area contributed by atoms with E-state index in [1.165, 1.54) is 12.1 Å². The van der Waals surface area contributed by atoms with Crippen LogP contribution >= 0.6 is 0 Å². The number of alkyl halides is 3. The molecular weight excluding hydrogens is 279 g/mol.